The van der Waals surface area contributed by atoms with Crippen LogP contribution < -0.4 is 5.32 Å². The largest absolute Gasteiger partial charge is 0.462 e. The van der Waals surface area contributed by atoms with Crippen molar-refractivity contribution in [2.24, 2.45) is 7.05 Å². The third-order valence-corrected chi connectivity index (χ3v) is 4.99. The second-order valence-electron chi connectivity index (χ2n) is 5.83. The lowest BCUT2D eigenvalue weighted by atomic mass is 10.1. The lowest BCUT2D eigenvalue weighted by Gasteiger charge is -2.07. The Morgan fingerprint density at radius 1 is 1.28 bits per heavy atom. The average Bonchev–Trinajstić information content (AvgIpc) is 3.20. The van der Waals surface area contributed by atoms with Crippen LogP contribution >= 0.6 is 11.3 Å². The molecule has 0 aliphatic rings. The van der Waals surface area contributed by atoms with Crippen LogP contribution in [0.4, 0.5) is 10.7 Å². The Balaban J connectivity index is 2.48. The summed E-state index contributed by atoms with van der Waals surface area (Å²) < 4.78 is 11.2. The number of rotatable bonds is 8. The minimum Gasteiger partial charge on any atom is -0.462 e. The third kappa shape index (κ3) is 4.59. The Morgan fingerprint density at radius 3 is 2.55 bits per heavy atom. The van der Waals surface area contributed by atoms with Gasteiger partial charge in [0.05, 0.1) is 23.7 Å². The van der Waals surface area contributed by atoms with Crippen molar-refractivity contribution >= 4 is 39.9 Å². The normalized spacial score (nSPS) is 10.5. The first kappa shape index (κ1) is 22.0. The Kier molecular flexibility index (Phi) is 7.04. The maximum Gasteiger partial charge on any atom is 0.348 e. The molecule has 0 saturated heterocycles. The van der Waals surface area contributed by atoms with Crippen LogP contribution in [-0.2, 0) is 16.5 Å². The minimum absolute atomic E-state index is 0.00433. The number of nitrogens with one attached hydrogen (secondary N) is 1. The average molecular weight is 424 g/mol. The number of aromatic nitrogens is 2. The zero-order valence-electron chi connectivity index (χ0n) is 16.3. The number of hydrogen-bond acceptors (Lipinski definition) is 9. The molecule has 2 rings (SSSR count). The van der Waals surface area contributed by atoms with Crippen LogP contribution in [0.2, 0.25) is 0 Å². The highest BCUT2D eigenvalue weighted by atomic mass is 32.1. The number of amides is 1. The van der Waals surface area contributed by atoms with Crippen molar-refractivity contribution in [2.45, 2.75) is 27.2 Å². The summed E-state index contributed by atoms with van der Waals surface area (Å²) in [6.07, 6.45) is 1.54. The summed E-state index contributed by atoms with van der Waals surface area (Å²) in [6.45, 7) is 5.29. The van der Waals surface area contributed by atoms with Gasteiger partial charge in [0.25, 0.3) is 5.91 Å². The summed E-state index contributed by atoms with van der Waals surface area (Å²) in [4.78, 5) is 47.9. The van der Waals surface area contributed by atoms with E-state index in [1.54, 1.807) is 6.92 Å². The second-order valence-corrected chi connectivity index (χ2v) is 6.85. The standard InChI is InChI=1S/C17H20N4O7S/c1-5-7-28-16(23)11-9(3)13(17(24)27-6-2)29-15(11)19-14(22)12-10(21(25)26)8-18-20(12)4/h8H,5-7H2,1-4H3,(H,19,22). The van der Waals surface area contributed by atoms with Crippen LogP contribution in [0.1, 0.15) is 56.3 Å². The number of aryl methyl sites for hydroxylation is 1. The summed E-state index contributed by atoms with van der Waals surface area (Å²) in [7, 11) is 1.38. The van der Waals surface area contributed by atoms with Crippen LogP contribution in [0.3, 0.4) is 0 Å². The summed E-state index contributed by atoms with van der Waals surface area (Å²) >= 11 is 0.835. The molecule has 156 valence electrons. The van der Waals surface area contributed by atoms with Crippen LogP contribution in [0, 0.1) is 17.0 Å². The van der Waals surface area contributed by atoms with Gasteiger partial charge in [-0.2, -0.15) is 5.10 Å². The van der Waals surface area contributed by atoms with Crippen molar-refractivity contribution in [1.82, 2.24) is 9.78 Å². The van der Waals surface area contributed by atoms with Crippen LogP contribution in [-0.4, -0.2) is 45.8 Å². The maximum absolute atomic E-state index is 12.7. The van der Waals surface area contributed by atoms with E-state index in [0.717, 1.165) is 22.2 Å². The van der Waals surface area contributed by atoms with Gasteiger partial charge in [0.1, 0.15) is 16.1 Å². The van der Waals surface area contributed by atoms with Gasteiger partial charge in [0, 0.05) is 7.05 Å². The van der Waals surface area contributed by atoms with E-state index in [-0.39, 0.29) is 34.3 Å². The molecule has 29 heavy (non-hydrogen) atoms. The number of nitrogens with zero attached hydrogens (tertiary/aromatic N) is 3. The molecule has 0 fully saturated rings. The van der Waals surface area contributed by atoms with Gasteiger partial charge < -0.3 is 14.8 Å². The smallest absolute Gasteiger partial charge is 0.348 e. The molecule has 0 atom stereocenters. The van der Waals surface area contributed by atoms with Gasteiger partial charge >= 0.3 is 17.6 Å². The molecular formula is C17H20N4O7S. The highest BCUT2D eigenvalue weighted by Gasteiger charge is 2.30. The number of hydrogen-bond donors (Lipinski definition) is 1. The van der Waals surface area contributed by atoms with Gasteiger partial charge in [0.15, 0.2) is 0 Å². The quantitative estimate of drug-likeness (QED) is 0.387. The molecule has 0 aliphatic heterocycles. The van der Waals surface area contributed by atoms with Crippen molar-refractivity contribution in [3.05, 3.63) is 38.0 Å². The fourth-order valence-corrected chi connectivity index (χ4v) is 3.57. The van der Waals surface area contributed by atoms with Gasteiger partial charge in [0.2, 0.25) is 5.69 Å². The number of carbonyl (C=O) groups excluding carboxylic acids is 3. The minimum atomic E-state index is -0.849. The van der Waals surface area contributed by atoms with Crippen molar-refractivity contribution in [3.8, 4) is 0 Å². The van der Waals surface area contributed by atoms with Gasteiger partial charge in [-0.1, -0.05) is 6.92 Å². The molecule has 2 aromatic rings. The number of nitro groups is 1. The predicted octanol–water partition coefficient (Wildman–Crippen LogP) is 2.69. The zero-order valence-corrected chi connectivity index (χ0v) is 17.1. The highest BCUT2D eigenvalue weighted by molar-refractivity contribution is 7.18. The number of ether oxygens (including phenoxy) is 2. The molecule has 0 aromatic carbocycles. The summed E-state index contributed by atoms with van der Waals surface area (Å²) in [5.74, 6) is -2.21. The molecule has 0 unspecified atom stereocenters. The number of carbonyl (C=O) groups is 3. The highest BCUT2D eigenvalue weighted by Crippen LogP contribution is 2.35. The van der Waals surface area contributed by atoms with Crippen molar-refractivity contribution < 1.29 is 28.8 Å². The number of thiophene rings is 1. The maximum atomic E-state index is 12.7. The Morgan fingerprint density at radius 2 is 1.97 bits per heavy atom. The lowest BCUT2D eigenvalue weighted by Crippen LogP contribution is -2.19. The summed E-state index contributed by atoms with van der Waals surface area (Å²) in [6, 6.07) is 0. The molecule has 2 aromatic heterocycles. The zero-order chi connectivity index (χ0) is 21.7. The molecule has 0 radical (unpaired) electrons. The van der Waals surface area contributed by atoms with E-state index in [4.69, 9.17) is 9.47 Å². The molecule has 11 nitrogen and oxygen atoms in total. The van der Waals surface area contributed by atoms with E-state index in [1.807, 2.05) is 6.92 Å². The molecular weight excluding hydrogens is 404 g/mol. The number of anilines is 1. The Hall–Kier alpha value is -3.28. The fourth-order valence-electron chi connectivity index (χ4n) is 2.49. The van der Waals surface area contributed by atoms with E-state index >= 15 is 0 Å². The van der Waals surface area contributed by atoms with Crippen molar-refractivity contribution in [3.63, 3.8) is 0 Å². The molecule has 12 heteroatoms. The summed E-state index contributed by atoms with van der Waals surface area (Å²) in [5.41, 5.74) is -0.486. The summed E-state index contributed by atoms with van der Waals surface area (Å²) in [5, 5.41) is 17.4. The molecule has 0 saturated carbocycles. The van der Waals surface area contributed by atoms with E-state index in [9.17, 15) is 24.5 Å². The molecule has 0 aliphatic carbocycles. The first-order valence-corrected chi connectivity index (χ1v) is 9.49. The molecule has 2 heterocycles. The first-order valence-electron chi connectivity index (χ1n) is 8.68. The van der Waals surface area contributed by atoms with Gasteiger partial charge in [-0.25, -0.2) is 9.59 Å². The van der Waals surface area contributed by atoms with Crippen LogP contribution in [0.5, 0.6) is 0 Å². The number of esters is 2. The second kappa shape index (κ2) is 9.28. The predicted molar refractivity (Wildman–Crippen MR) is 103 cm³/mol. The molecule has 0 bridgehead atoms. The van der Waals surface area contributed by atoms with E-state index in [2.05, 4.69) is 10.4 Å². The third-order valence-electron chi connectivity index (χ3n) is 3.81. The topological polar surface area (TPSA) is 143 Å². The lowest BCUT2D eigenvalue weighted by molar-refractivity contribution is -0.385. The van der Waals surface area contributed by atoms with Crippen LogP contribution in [0.25, 0.3) is 0 Å². The fraction of sp³-hybridized carbons (Fsp3) is 0.412. The van der Waals surface area contributed by atoms with Crippen molar-refractivity contribution in [1.29, 1.82) is 0 Å². The van der Waals surface area contributed by atoms with E-state index in [0.29, 0.717) is 12.0 Å². The van der Waals surface area contributed by atoms with Crippen molar-refractivity contribution in [2.75, 3.05) is 18.5 Å². The van der Waals surface area contributed by atoms with Crippen LogP contribution in [0.15, 0.2) is 6.20 Å². The molecule has 0 spiro atoms. The van der Waals surface area contributed by atoms with Gasteiger partial charge in [-0.15, -0.1) is 11.3 Å². The Labute approximate surface area is 169 Å². The first-order chi connectivity index (χ1) is 13.7. The molecule has 1 N–H and O–H groups in total. The monoisotopic (exact) mass is 424 g/mol. The van der Waals surface area contributed by atoms with E-state index in [1.165, 1.54) is 14.0 Å². The van der Waals surface area contributed by atoms with E-state index < -0.39 is 28.5 Å². The van der Waals surface area contributed by atoms with Gasteiger partial charge in [-0.05, 0) is 25.8 Å². The SMILES string of the molecule is CCCOC(=O)c1c(NC(=O)c2c([N+](=O)[O-])cnn2C)sc(C(=O)OCC)c1C. The van der Waals surface area contributed by atoms with Gasteiger partial charge in [-0.3, -0.25) is 19.6 Å². The molecule has 1 amide bonds. The Bertz CT molecular complexity index is 963.